The van der Waals surface area contributed by atoms with E-state index in [-0.39, 0.29) is 30.2 Å². The Bertz CT molecular complexity index is 1210. The van der Waals surface area contributed by atoms with Crippen LogP contribution < -0.4 is 5.32 Å². The van der Waals surface area contributed by atoms with Gasteiger partial charge in [-0.3, -0.25) is 9.59 Å². The second-order valence-electron chi connectivity index (χ2n) is 8.69. The average molecular weight is 475 g/mol. The van der Waals surface area contributed by atoms with Crippen molar-refractivity contribution in [1.82, 2.24) is 25.1 Å². The van der Waals surface area contributed by atoms with Crippen molar-refractivity contribution in [1.29, 1.82) is 0 Å². The van der Waals surface area contributed by atoms with Crippen molar-refractivity contribution in [3.63, 3.8) is 0 Å². The molecular formula is C26H30N6O3. The van der Waals surface area contributed by atoms with Crippen LogP contribution in [0.25, 0.3) is 11.8 Å². The van der Waals surface area contributed by atoms with Gasteiger partial charge in [-0.1, -0.05) is 42.5 Å². The smallest absolute Gasteiger partial charge is 0.273 e. The molecule has 1 aliphatic rings. The van der Waals surface area contributed by atoms with Gasteiger partial charge in [-0.2, -0.15) is 4.68 Å². The lowest BCUT2D eigenvalue weighted by Gasteiger charge is -2.26. The molecule has 0 aliphatic carbocycles. The topological polar surface area (TPSA) is 102 Å². The van der Waals surface area contributed by atoms with Gasteiger partial charge in [0.25, 0.3) is 5.91 Å². The van der Waals surface area contributed by atoms with E-state index in [2.05, 4.69) is 20.8 Å². The summed E-state index contributed by atoms with van der Waals surface area (Å²) in [6, 6.07) is 15.2. The summed E-state index contributed by atoms with van der Waals surface area (Å²) in [6.45, 7) is 6.50. The minimum atomic E-state index is -0.351. The van der Waals surface area contributed by atoms with Gasteiger partial charge < -0.3 is 15.0 Å². The number of tetrazole rings is 1. The van der Waals surface area contributed by atoms with Crippen LogP contribution in [0.3, 0.4) is 0 Å². The molecule has 3 aromatic rings. The van der Waals surface area contributed by atoms with E-state index >= 15 is 0 Å². The predicted molar refractivity (Wildman–Crippen MR) is 133 cm³/mol. The summed E-state index contributed by atoms with van der Waals surface area (Å²) in [7, 11) is 0. The van der Waals surface area contributed by atoms with Gasteiger partial charge in [0.2, 0.25) is 5.91 Å². The number of nitrogens with one attached hydrogen (secondary N) is 1. The van der Waals surface area contributed by atoms with E-state index in [4.69, 9.17) is 4.74 Å². The number of amides is 2. The maximum absolute atomic E-state index is 13.9. The normalized spacial score (nSPS) is 15.7. The molecule has 2 aromatic carbocycles. The summed E-state index contributed by atoms with van der Waals surface area (Å²) in [6.07, 6.45) is 3.38. The largest absolute Gasteiger partial charge is 0.376 e. The lowest BCUT2D eigenvalue weighted by molar-refractivity contribution is -0.131. The Labute approximate surface area is 204 Å². The molecule has 1 aromatic heterocycles. The number of hydrogen-bond acceptors (Lipinski definition) is 6. The molecule has 35 heavy (non-hydrogen) atoms. The van der Waals surface area contributed by atoms with Crippen LogP contribution in [0.1, 0.15) is 35.4 Å². The first kappa shape index (κ1) is 24.3. The third-order valence-corrected chi connectivity index (χ3v) is 6.12. The number of carbonyl (C=O) groups excluding carboxylic acids is 2. The second-order valence-corrected chi connectivity index (χ2v) is 8.69. The molecule has 1 fully saturated rings. The molecule has 1 N–H and O–H groups in total. The molecule has 1 aliphatic heterocycles. The number of hydrogen-bond donors (Lipinski definition) is 1. The SMILES string of the molecule is Cc1cccc(NC(=O)CN(C[C@H]2CCCO2)C(=O)/C(=C/c2ccccc2)n2nnnc2C)c1C. The molecule has 1 saturated heterocycles. The van der Waals surface area contributed by atoms with E-state index in [0.717, 1.165) is 35.2 Å². The van der Waals surface area contributed by atoms with Crippen LogP contribution in [0, 0.1) is 20.8 Å². The summed E-state index contributed by atoms with van der Waals surface area (Å²) >= 11 is 0. The quantitative estimate of drug-likeness (QED) is 0.503. The number of anilines is 1. The zero-order valence-electron chi connectivity index (χ0n) is 20.3. The number of ether oxygens (including phenoxy) is 1. The fourth-order valence-electron chi connectivity index (χ4n) is 4.04. The monoisotopic (exact) mass is 474 g/mol. The van der Waals surface area contributed by atoms with Gasteiger partial charge in [0, 0.05) is 18.8 Å². The van der Waals surface area contributed by atoms with Gasteiger partial charge in [-0.25, -0.2) is 0 Å². The highest BCUT2D eigenvalue weighted by Gasteiger charge is 2.28. The van der Waals surface area contributed by atoms with Gasteiger partial charge in [0.05, 0.1) is 6.10 Å². The van der Waals surface area contributed by atoms with Gasteiger partial charge in [-0.15, -0.1) is 5.10 Å². The molecule has 1 atom stereocenters. The molecule has 9 heteroatoms. The molecular weight excluding hydrogens is 444 g/mol. The van der Waals surface area contributed by atoms with Crippen molar-refractivity contribution in [2.45, 2.75) is 39.7 Å². The number of benzene rings is 2. The van der Waals surface area contributed by atoms with Crippen molar-refractivity contribution in [3.05, 3.63) is 71.0 Å². The van der Waals surface area contributed by atoms with Gasteiger partial charge in [0.1, 0.15) is 12.2 Å². The van der Waals surface area contributed by atoms with Crippen LogP contribution in [0.2, 0.25) is 0 Å². The first-order valence-corrected chi connectivity index (χ1v) is 11.7. The fraction of sp³-hybridized carbons (Fsp3) is 0.346. The summed E-state index contributed by atoms with van der Waals surface area (Å²) in [5, 5.41) is 14.6. The van der Waals surface area contributed by atoms with Crippen LogP contribution in [0.5, 0.6) is 0 Å². The third-order valence-electron chi connectivity index (χ3n) is 6.12. The molecule has 9 nitrogen and oxygen atoms in total. The standard InChI is InChI=1S/C26H30N6O3/c1-18-9-7-13-23(19(18)2)27-25(33)17-31(16-22-12-8-14-35-22)26(34)24(32-20(3)28-29-30-32)15-21-10-5-4-6-11-21/h4-7,9-11,13,15,22H,8,12,14,16-17H2,1-3H3,(H,27,33)/b24-15-/t22-/m1/s1. The number of nitrogens with zero attached hydrogens (tertiary/aromatic N) is 5. The van der Waals surface area contributed by atoms with E-state index in [9.17, 15) is 9.59 Å². The van der Waals surface area contributed by atoms with E-state index in [1.54, 1.807) is 13.0 Å². The van der Waals surface area contributed by atoms with Gasteiger partial charge >= 0.3 is 0 Å². The molecule has 0 spiro atoms. The number of rotatable bonds is 8. The van der Waals surface area contributed by atoms with E-state index in [0.29, 0.717) is 19.0 Å². The van der Waals surface area contributed by atoms with Crippen molar-refractivity contribution in [2.24, 2.45) is 0 Å². The van der Waals surface area contributed by atoms with Crippen LogP contribution in [0.15, 0.2) is 48.5 Å². The molecule has 2 amide bonds. The Kier molecular flexibility index (Phi) is 7.67. The lowest BCUT2D eigenvalue weighted by Crippen LogP contribution is -2.43. The Hall–Kier alpha value is -3.85. The van der Waals surface area contributed by atoms with Crippen molar-refractivity contribution >= 4 is 29.3 Å². The highest BCUT2D eigenvalue weighted by atomic mass is 16.5. The van der Waals surface area contributed by atoms with Crippen LogP contribution in [-0.4, -0.2) is 62.7 Å². The zero-order chi connectivity index (χ0) is 24.8. The number of aryl methyl sites for hydroxylation is 2. The first-order chi connectivity index (χ1) is 16.9. The van der Waals surface area contributed by atoms with Gasteiger partial charge in [-0.05, 0) is 72.9 Å². The fourth-order valence-corrected chi connectivity index (χ4v) is 4.04. The minimum Gasteiger partial charge on any atom is -0.376 e. The van der Waals surface area contributed by atoms with Crippen molar-refractivity contribution in [2.75, 3.05) is 25.0 Å². The Balaban J connectivity index is 1.63. The minimum absolute atomic E-state index is 0.125. The summed E-state index contributed by atoms with van der Waals surface area (Å²) in [4.78, 5) is 28.5. The van der Waals surface area contributed by atoms with E-state index < -0.39 is 0 Å². The molecule has 0 unspecified atom stereocenters. The van der Waals surface area contributed by atoms with Crippen molar-refractivity contribution < 1.29 is 14.3 Å². The Morgan fingerprint density at radius 3 is 2.63 bits per heavy atom. The molecule has 0 radical (unpaired) electrons. The third kappa shape index (κ3) is 5.99. The molecule has 0 bridgehead atoms. The molecule has 182 valence electrons. The number of carbonyl (C=O) groups is 2. The van der Waals surface area contributed by atoms with Gasteiger partial charge in [0.15, 0.2) is 5.82 Å². The predicted octanol–water partition coefficient (Wildman–Crippen LogP) is 3.24. The summed E-state index contributed by atoms with van der Waals surface area (Å²) in [5.41, 5.74) is 3.89. The van der Waals surface area contributed by atoms with E-state index in [1.807, 2.05) is 62.4 Å². The highest BCUT2D eigenvalue weighted by molar-refractivity contribution is 6.19. The number of aromatic nitrogens is 4. The first-order valence-electron chi connectivity index (χ1n) is 11.7. The summed E-state index contributed by atoms with van der Waals surface area (Å²) < 4.78 is 7.19. The average Bonchev–Trinajstić information content (AvgIpc) is 3.52. The molecule has 2 heterocycles. The zero-order valence-corrected chi connectivity index (χ0v) is 20.3. The second kappa shape index (κ2) is 11.1. The highest BCUT2D eigenvalue weighted by Crippen LogP contribution is 2.20. The maximum atomic E-state index is 13.9. The summed E-state index contributed by atoms with van der Waals surface area (Å²) in [5.74, 6) is -0.161. The molecule has 0 saturated carbocycles. The Morgan fingerprint density at radius 2 is 1.94 bits per heavy atom. The van der Waals surface area contributed by atoms with E-state index in [1.165, 1.54) is 9.58 Å². The van der Waals surface area contributed by atoms with Crippen LogP contribution in [-0.2, 0) is 14.3 Å². The Morgan fingerprint density at radius 1 is 1.14 bits per heavy atom. The molecule has 4 rings (SSSR count). The van der Waals surface area contributed by atoms with Crippen LogP contribution >= 0.6 is 0 Å². The lowest BCUT2D eigenvalue weighted by atomic mass is 10.1. The van der Waals surface area contributed by atoms with Crippen molar-refractivity contribution in [3.8, 4) is 0 Å². The maximum Gasteiger partial charge on any atom is 0.273 e. The van der Waals surface area contributed by atoms with Crippen LogP contribution in [0.4, 0.5) is 5.69 Å².